The van der Waals surface area contributed by atoms with E-state index in [1.165, 1.54) is 0 Å². The fourth-order valence-corrected chi connectivity index (χ4v) is 2.39. The molecular weight excluding hydrogens is 268 g/mol. The van der Waals surface area contributed by atoms with Gasteiger partial charge in [0, 0.05) is 17.1 Å². The molecule has 1 unspecified atom stereocenters. The number of anilines is 1. The summed E-state index contributed by atoms with van der Waals surface area (Å²) < 4.78 is 6.25. The summed E-state index contributed by atoms with van der Waals surface area (Å²) in [6, 6.07) is 8.42. The lowest BCUT2D eigenvalue weighted by molar-refractivity contribution is 0.0989. The van der Waals surface area contributed by atoms with Crippen LogP contribution in [-0.2, 0) is 4.74 Å². The van der Waals surface area contributed by atoms with Crippen LogP contribution >= 0.6 is 15.9 Å². The molecule has 0 spiro atoms. The number of halogens is 1. The Balaban J connectivity index is 2.39. The molecule has 0 saturated carbocycles. The number of rotatable bonds is 1. The molecule has 1 heterocycles. The number of ether oxygens (including phenoxy) is 1. The smallest absolute Gasteiger partial charge is 0.103 e. The van der Waals surface area contributed by atoms with Gasteiger partial charge in [-0.1, -0.05) is 6.07 Å². The maximum absolute atomic E-state index is 9.18. The summed E-state index contributed by atoms with van der Waals surface area (Å²) in [6.07, 6.45) is 0. The Labute approximate surface area is 104 Å². The minimum atomic E-state index is 0.315. The third-order valence-electron chi connectivity index (χ3n) is 2.78. The maximum Gasteiger partial charge on any atom is 0.103 e. The van der Waals surface area contributed by atoms with Gasteiger partial charge in [-0.2, -0.15) is 5.26 Å². The van der Waals surface area contributed by atoms with E-state index in [4.69, 9.17) is 4.74 Å². The van der Waals surface area contributed by atoms with Crippen LogP contribution in [0, 0.1) is 11.3 Å². The van der Waals surface area contributed by atoms with Gasteiger partial charge in [0.2, 0.25) is 0 Å². The molecule has 1 aliphatic heterocycles. The van der Waals surface area contributed by atoms with E-state index in [9.17, 15) is 5.26 Å². The molecule has 84 valence electrons. The van der Waals surface area contributed by atoms with Gasteiger partial charge in [-0.3, -0.25) is 0 Å². The molecule has 1 aromatic carbocycles. The second-order valence-electron chi connectivity index (χ2n) is 3.86. The van der Waals surface area contributed by atoms with Crippen molar-refractivity contribution in [1.29, 1.82) is 5.26 Å². The molecule has 1 aliphatic rings. The van der Waals surface area contributed by atoms with Crippen molar-refractivity contribution in [1.82, 2.24) is 0 Å². The number of morpholine rings is 1. The zero-order chi connectivity index (χ0) is 11.5. The molecule has 0 radical (unpaired) electrons. The quantitative estimate of drug-likeness (QED) is 0.793. The summed E-state index contributed by atoms with van der Waals surface area (Å²) in [7, 11) is 0. The lowest BCUT2D eigenvalue weighted by Crippen LogP contribution is -2.44. The largest absolute Gasteiger partial charge is 0.377 e. The summed E-state index contributed by atoms with van der Waals surface area (Å²) in [5.74, 6) is 0. The van der Waals surface area contributed by atoms with Gasteiger partial charge in [0.1, 0.15) is 6.07 Å². The van der Waals surface area contributed by atoms with Crippen molar-refractivity contribution in [3.05, 3.63) is 28.2 Å². The number of nitrogens with zero attached hydrogens (tertiary/aromatic N) is 2. The summed E-state index contributed by atoms with van der Waals surface area (Å²) in [6.45, 7) is 4.40. The summed E-state index contributed by atoms with van der Waals surface area (Å²) >= 11 is 3.41. The molecule has 1 aromatic rings. The van der Waals surface area contributed by atoms with E-state index >= 15 is 0 Å². The zero-order valence-corrected chi connectivity index (χ0v) is 10.7. The Bertz CT molecular complexity index is 428. The first-order valence-corrected chi connectivity index (χ1v) is 6.06. The highest BCUT2D eigenvalue weighted by atomic mass is 79.9. The van der Waals surface area contributed by atoms with Gasteiger partial charge in [-0.25, -0.2) is 0 Å². The van der Waals surface area contributed by atoms with Crippen molar-refractivity contribution in [2.24, 2.45) is 0 Å². The van der Waals surface area contributed by atoms with Crippen LogP contribution in [0.15, 0.2) is 22.7 Å². The van der Waals surface area contributed by atoms with Gasteiger partial charge in [-0.05, 0) is 35.0 Å². The van der Waals surface area contributed by atoms with Crippen molar-refractivity contribution >= 4 is 21.6 Å². The molecule has 0 bridgehead atoms. The molecule has 0 aromatic heterocycles. The second-order valence-corrected chi connectivity index (χ2v) is 4.72. The molecule has 2 rings (SSSR count). The first-order valence-electron chi connectivity index (χ1n) is 5.27. The second kappa shape index (κ2) is 4.86. The molecule has 1 saturated heterocycles. The topological polar surface area (TPSA) is 36.3 Å². The zero-order valence-electron chi connectivity index (χ0n) is 9.11. The van der Waals surface area contributed by atoms with Crippen LogP contribution in [0.25, 0.3) is 0 Å². The van der Waals surface area contributed by atoms with E-state index < -0.39 is 0 Å². The fourth-order valence-electron chi connectivity index (χ4n) is 1.95. The van der Waals surface area contributed by atoms with Crippen molar-refractivity contribution < 1.29 is 4.74 Å². The standard InChI is InChI=1S/C12H13BrN2O/c1-9-8-16-6-5-15(9)12-4-2-3-11(13)10(12)7-14/h2-4,9H,5-6,8H2,1H3. The molecule has 0 aliphatic carbocycles. The third-order valence-corrected chi connectivity index (χ3v) is 3.44. The van der Waals surface area contributed by atoms with E-state index in [0.717, 1.165) is 29.9 Å². The van der Waals surface area contributed by atoms with Crippen LogP contribution in [0.1, 0.15) is 12.5 Å². The van der Waals surface area contributed by atoms with Gasteiger partial charge in [0.15, 0.2) is 0 Å². The molecule has 1 fully saturated rings. The predicted molar refractivity (Wildman–Crippen MR) is 66.5 cm³/mol. The fraction of sp³-hybridized carbons (Fsp3) is 0.417. The first-order chi connectivity index (χ1) is 7.74. The SMILES string of the molecule is CC1COCCN1c1cccc(Br)c1C#N. The van der Waals surface area contributed by atoms with Gasteiger partial charge in [0.25, 0.3) is 0 Å². The Hall–Kier alpha value is -1.05. The van der Waals surface area contributed by atoms with E-state index in [2.05, 4.69) is 33.8 Å². The summed E-state index contributed by atoms with van der Waals surface area (Å²) in [5.41, 5.74) is 1.70. The number of nitriles is 1. The molecule has 0 N–H and O–H groups in total. The Morgan fingerprint density at radius 2 is 2.38 bits per heavy atom. The van der Waals surface area contributed by atoms with Crippen LogP contribution < -0.4 is 4.90 Å². The van der Waals surface area contributed by atoms with Crippen molar-refractivity contribution in [2.45, 2.75) is 13.0 Å². The van der Waals surface area contributed by atoms with Crippen molar-refractivity contribution in [2.75, 3.05) is 24.7 Å². The van der Waals surface area contributed by atoms with Crippen LogP contribution in [0.2, 0.25) is 0 Å². The molecule has 0 amide bonds. The van der Waals surface area contributed by atoms with E-state index in [1.807, 2.05) is 18.2 Å². The summed E-state index contributed by atoms with van der Waals surface area (Å²) in [5, 5.41) is 9.18. The Morgan fingerprint density at radius 1 is 1.56 bits per heavy atom. The average Bonchev–Trinajstić information content (AvgIpc) is 2.29. The van der Waals surface area contributed by atoms with E-state index in [1.54, 1.807) is 0 Å². The molecule has 16 heavy (non-hydrogen) atoms. The van der Waals surface area contributed by atoms with Gasteiger partial charge in [-0.15, -0.1) is 0 Å². The van der Waals surface area contributed by atoms with Crippen LogP contribution in [0.5, 0.6) is 0 Å². The number of hydrogen-bond donors (Lipinski definition) is 0. The highest BCUT2D eigenvalue weighted by molar-refractivity contribution is 9.10. The lowest BCUT2D eigenvalue weighted by atomic mass is 10.1. The Morgan fingerprint density at radius 3 is 3.06 bits per heavy atom. The number of benzene rings is 1. The van der Waals surface area contributed by atoms with Crippen molar-refractivity contribution in [3.8, 4) is 6.07 Å². The Kier molecular flexibility index (Phi) is 3.47. The van der Waals surface area contributed by atoms with E-state index in [-0.39, 0.29) is 0 Å². The highest BCUT2D eigenvalue weighted by Gasteiger charge is 2.22. The maximum atomic E-state index is 9.18. The van der Waals surface area contributed by atoms with Crippen LogP contribution in [0.4, 0.5) is 5.69 Å². The van der Waals surface area contributed by atoms with Crippen LogP contribution in [-0.4, -0.2) is 25.8 Å². The van der Waals surface area contributed by atoms with Gasteiger partial charge < -0.3 is 9.64 Å². The lowest BCUT2D eigenvalue weighted by Gasteiger charge is -2.35. The van der Waals surface area contributed by atoms with E-state index in [0.29, 0.717) is 11.6 Å². The van der Waals surface area contributed by atoms with Crippen LogP contribution in [0.3, 0.4) is 0 Å². The first kappa shape index (κ1) is 11.4. The van der Waals surface area contributed by atoms with Gasteiger partial charge in [0.05, 0.1) is 24.5 Å². The minimum absolute atomic E-state index is 0.315. The molecular formula is C12H13BrN2O. The van der Waals surface area contributed by atoms with Gasteiger partial charge >= 0.3 is 0 Å². The van der Waals surface area contributed by atoms with Crippen molar-refractivity contribution in [3.63, 3.8) is 0 Å². The molecule has 1 atom stereocenters. The third kappa shape index (κ3) is 2.06. The average molecular weight is 281 g/mol. The highest BCUT2D eigenvalue weighted by Crippen LogP contribution is 2.29. The molecule has 3 nitrogen and oxygen atoms in total. The number of hydrogen-bond acceptors (Lipinski definition) is 3. The molecule has 4 heteroatoms. The minimum Gasteiger partial charge on any atom is -0.377 e. The summed E-state index contributed by atoms with van der Waals surface area (Å²) in [4.78, 5) is 2.23. The normalized spacial score (nSPS) is 20.6. The monoisotopic (exact) mass is 280 g/mol. The predicted octanol–water partition coefficient (Wildman–Crippen LogP) is 2.55.